The second-order valence-electron chi connectivity index (χ2n) is 31.6. The topological polar surface area (TPSA) is 244 Å². The molecule has 0 radical (unpaired) electrons. The zero-order valence-corrected chi connectivity index (χ0v) is 75.2. The van der Waals surface area contributed by atoms with Gasteiger partial charge in [-0.1, -0.05) is 402 Å². The molecule has 10 rings (SSSR count). The fourth-order valence-electron chi connectivity index (χ4n) is 14.5. The quantitative estimate of drug-likeness (QED) is 0.0161. The van der Waals surface area contributed by atoms with Crippen LogP contribution in [-0.2, 0) is 141 Å². The van der Waals surface area contributed by atoms with E-state index >= 15 is 13.7 Å². The van der Waals surface area contributed by atoms with Crippen molar-refractivity contribution in [3.8, 4) is 0 Å². The fourth-order valence-corrected chi connectivity index (χ4v) is 18.6. The number of Topliss-reactive ketones (excluding diaryl/α,β-unsaturated/α-hetero) is 1. The first kappa shape index (κ1) is 98.9. The first-order valence-electron chi connectivity index (χ1n) is 44.8. The summed E-state index contributed by atoms with van der Waals surface area (Å²) in [5, 5.41) is 3.28. The molecule has 0 spiro atoms. The van der Waals surface area contributed by atoms with Gasteiger partial charge in [-0.3, -0.25) is 55.1 Å². The maximum atomic E-state index is 17.0. The number of nitrogens with one attached hydrogen (secondary N) is 1. The Labute approximate surface area is 740 Å². The molecule has 672 valence electrons. The van der Waals surface area contributed by atoms with Gasteiger partial charge in [0.15, 0.2) is 11.9 Å². The average Bonchev–Trinajstić information content (AvgIpc) is 0.744. The van der Waals surface area contributed by atoms with Gasteiger partial charge in [0.2, 0.25) is 0 Å². The predicted molar refractivity (Wildman–Crippen MR) is 486 cm³/mol. The van der Waals surface area contributed by atoms with Crippen LogP contribution in [0.5, 0.6) is 0 Å². The summed E-state index contributed by atoms with van der Waals surface area (Å²) in [7, 11) is -15.5. The summed E-state index contributed by atoms with van der Waals surface area (Å²) in [6, 6.07) is 82.0. The van der Waals surface area contributed by atoms with E-state index in [0.717, 1.165) is 83.6 Å². The van der Waals surface area contributed by atoms with Crippen molar-refractivity contribution < 1.29 is 92.5 Å². The molecule has 8 atom stereocenters. The van der Waals surface area contributed by atoms with Gasteiger partial charge in [-0.2, -0.15) is 0 Å². The van der Waals surface area contributed by atoms with Crippen molar-refractivity contribution >= 4 is 41.2 Å². The van der Waals surface area contributed by atoms with Crippen LogP contribution in [0, 0.1) is 0 Å². The first-order chi connectivity index (χ1) is 61.3. The van der Waals surface area contributed by atoms with Gasteiger partial charge in [-0.05, 0) is 70.3 Å². The third kappa shape index (κ3) is 38.3. The highest BCUT2D eigenvalue weighted by molar-refractivity contribution is 7.49. The van der Waals surface area contributed by atoms with E-state index < -0.39 is 91.3 Å². The van der Waals surface area contributed by atoms with Crippen LogP contribution in [0.15, 0.2) is 273 Å². The molecule has 0 aromatic heterocycles. The molecule has 0 saturated heterocycles. The summed E-state index contributed by atoms with van der Waals surface area (Å²) in [6.07, 6.45) is 11.1. The van der Waals surface area contributed by atoms with Gasteiger partial charge in [0.25, 0.3) is 0 Å². The molecule has 1 N–H and O–H groups in total. The maximum absolute atomic E-state index is 17.0. The molecule has 24 heteroatoms. The lowest BCUT2D eigenvalue weighted by atomic mass is 9.84. The number of carbonyl (C=O) groups excluding carboxylic acids is 3. The Kier molecular flexibility index (Phi) is 45.5. The number of rotatable bonds is 65. The van der Waals surface area contributed by atoms with Crippen LogP contribution in [0.25, 0.3) is 0 Å². The summed E-state index contributed by atoms with van der Waals surface area (Å²) in [4.78, 5) is 40.8. The molecular weight excluding hydrogens is 1640 g/mol. The number of benzene rings is 9. The molecular formula is C101H128NO20P3. The summed E-state index contributed by atoms with van der Waals surface area (Å²) in [5.74, 6) is -1.03. The average molecular weight is 1770 g/mol. The molecule has 0 aliphatic heterocycles. The van der Waals surface area contributed by atoms with E-state index in [9.17, 15) is 14.4 Å². The number of phosphoric acid groups is 3. The van der Waals surface area contributed by atoms with Crippen LogP contribution in [-0.4, -0.2) is 86.8 Å². The van der Waals surface area contributed by atoms with E-state index in [1.807, 2.05) is 176 Å². The van der Waals surface area contributed by atoms with Gasteiger partial charge in [0, 0.05) is 18.4 Å². The van der Waals surface area contributed by atoms with Gasteiger partial charge in [-0.25, -0.2) is 13.7 Å². The molecule has 1 saturated carbocycles. The van der Waals surface area contributed by atoms with Crippen LogP contribution in [0.4, 0.5) is 0 Å². The maximum Gasteiger partial charge on any atom is 0.475 e. The number of hydrogen-bond acceptors (Lipinski definition) is 21. The van der Waals surface area contributed by atoms with Crippen molar-refractivity contribution in [3.05, 3.63) is 323 Å². The van der Waals surface area contributed by atoms with Crippen molar-refractivity contribution in [1.82, 2.24) is 5.32 Å². The highest BCUT2D eigenvalue weighted by atomic mass is 31.2. The molecule has 9 aromatic carbocycles. The van der Waals surface area contributed by atoms with Gasteiger partial charge in [0.1, 0.15) is 43.2 Å². The number of hydrogen-bond donors (Lipinski definition) is 1. The molecule has 9 aromatic rings. The molecule has 21 nitrogen and oxygen atoms in total. The monoisotopic (exact) mass is 1770 g/mol. The highest BCUT2D eigenvalue weighted by Gasteiger charge is 2.61. The standard InChI is InChI=1S/C101H128NO20P3/c1-2-3-4-5-6-7-8-9-10-12-16-19-49-70-95(105)119-92(81-109-94(104)69-48-18-15-13-11-14-17-20-50-71-102-72-93(103)91-67-46-29-47-68-91)82-118-125(108,117-80-90-65-44-28-45-66-90)120-99-96(110-73-83-51-30-21-31-52-83)97(111-74-84-53-32-22-33-54-84)100(121-123(106,113-76-86-57-36-24-37-58-86)114-77-87-59-38-25-39-60-87)101(98(99)112-75-85-55-34-23-35-56-85)122-124(107,115-78-88-61-40-26-41-62-88)116-79-89-63-42-27-43-64-89/h21-47,51-68,92,96-102H,2-20,48-50,69-82H2,1H3/t92-,96+,97-,98?,99?,100?,101+,125?/m0/s1. The van der Waals surface area contributed by atoms with Crippen molar-refractivity contribution in [2.45, 2.75) is 257 Å². The lowest BCUT2D eigenvalue weighted by Gasteiger charge is -2.50. The summed E-state index contributed by atoms with van der Waals surface area (Å²) in [5.41, 5.74) is 5.60. The molecule has 0 bridgehead atoms. The predicted octanol–water partition coefficient (Wildman–Crippen LogP) is 24.6. The minimum absolute atomic E-state index is 0.0445. The Hall–Kier alpha value is -8.24. The Bertz CT molecular complexity index is 4440. The third-order valence-corrected chi connectivity index (χ3v) is 25.7. The van der Waals surface area contributed by atoms with E-state index in [2.05, 4.69) is 12.2 Å². The minimum atomic E-state index is -5.30. The number of esters is 2. The zero-order valence-electron chi connectivity index (χ0n) is 72.5. The van der Waals surface area contributed by atoms with Crippen LogP contribution in [0.3, 0.4) is 0 Å². The Balaban J connectivity index is 0.993. The van der Waals surface area contributed by atoms with Gasteiger partial charge >= 0.3 is 35.4 Å². The number of carbonyl (C=O) groups is 3. The van der Waals surface area contributed by atoms with Crippen LogP contribution in [0.1, 0.15) is 216 Å². The number of ether oxygens (including phenoxy) is 5. The largest absolute Gasteiger partial charge is 0.475 e. The lowest BCUT2D eigenvalue weighted by Crippen LogP contribution is -2.67. The first-order valence-corrected chi connectivity index (χ1v) is 49.2. The summed E-state index contributed by atoms with van der Waals surface area (Å²) in [6.45, 7) is -0.140. The second kappa shape index (κ2) is 57.5. The molecule has 4 unspecified atom stereocenters. The van der Waals surface area contributed by atoms with Crippen molar-refractivity contribution in [2.75, 3.05) is 26.3 Å². The molecule has 0 amide bonds. The second-order valence-corrected chi connectivity index (χ2v) is 36.5. The summed E-state index contributed by atoms with van der Waals surface area (Å²) >= 11 is 0. The fraction of sp³-hybridized carbons (Fsp3) is 0.436. The van der Waals surface area contributed by atoms with Crippen LogP contribution >= 0.6 is 23.5 Å². The van der Waals surface area contributed by atoms with Gasteiger partial charge in [0.05, 0.1) is 66.0 Å². The van der Waals surface area contributed by atoms with Crippen molar-refractivity contribution in [2.24, 2.45) is 0 Å². The van der Waals surface area contributed by atoms with Crippen LogP contribution in [0.2, 0.25) is 0 Å². The Morgan fingerprint density at radius 3 is 0.864 bits per heavy atom. The summed E-state index contributed by atoms with van der Waals surface area (Å²) < 4.78 is 145. The van der Waals surface area contributed by atoms with Crippen molar-refractivity contribution in [1.29, 1.82) is 0 Å². The van der Waals surface area contributed by atoms with Gasteiger partial charge in [-0.15, -0.1) is 0 Å². The molecule has 0 heterocycles. The van der Waals surface area contributed by atoms with Crippen LogP contribution < -0.4 is 5.32 Å². The molecule has 1 aliphatic carbocycles. The van der Waals surface area contributed by atoms with E-state index in [4.69, 9.17) is 64.4 Å². The molecule has 125 heavy (non-hydrogen) atoms. The van der Waals surface area contributed by atoms with Crippen molar-refractivity contribution in [3.63, 3.8) is 0 Å². The number of phosphoric ester groups is 3. The number of ketones is 1. The Morgan fingerprint density at radius 2 is 0.544 bits per heavy atom. The SMILES string of the molecule is CCCCCCCCCCCCCCCC(=O)O[C@@H](COC(=O)CCCCCCCCCCCNCC(=O)c1ccccc1)COP(=O)(OCc1ccccc1)OC1C(OCc2ccccc2)[C@@H](OP(=O)(OCc2ccccc2)OCc2ccccc2)C(OP(=O)(OCc2ccccc2)OCc2ccccc2)[C@@H](OCc2ccccc2)[C@H]1OCc1ccccc1. The van der Waals surface area contributed by atoms with Gasteiger partial charge < -0.3 is 29.0 Å². The van der Waals surface area contributed by atoms with E-state index in [0.29, 0.717) is 69.5 Å². The Morgan fingerprint density at radius 1 is 0.288 bits per heavy atom. The highest BCUT2D eigenvalue weighted by Crippen LogP contribution is 2.61. The molecule has 1 fully saturated rings. The van der Waals surface area contributed by atoms with E-state index in [1.54, 1.807) is 97.1 Å². The van der Waals surface area contributed by atoms with E-state index in [-0.39, 0.29) is 71.5 Å². The smallest absolute Gasteiger partial charge is 0.462 e. The minimum Gasteiger partial charge on any atom is -0.462 e. The van der Waals surface area contributed by atoms with E-state index in [1.165, 1.54) is 51.4 Å². The zero-order chi connectivity index (χ0) is 87.4. The number of unbranched alkanes of at least 4 members (excludes halogenated alkanes) is 20. The molecule has 1 aliphatic rings. The lowest BCUT2D eigenvalue weighted by molar-refractivity contribution is -0.255. The third-order valence-electron chi connectivity index (χ3n) is 21.5. The normalized spacial score (nSPS) is 16.7.